The summed E-state index contributed by atoms with van der Waals surface area (Å²) in [6, 6.07) is 12.1. The van der Waals surface area contributed by atoms with Crippen molar-refractivity contribution in [1.29, 1.82) is 0 Å². The minimum Gasteiger partial charge on any atom is -0.351 e. The van der Waals surface area contributed by atoms with Crippen molar-refractivity contribution < 1.29 is 9.18 Å². The lowest BCUT2D eigenvalue weighted by Gasteiger charge is -2.12. The smallest absolute Gasteiger partial charge is 0.269 e. The van der Waals surface area contributed by atoms with Crippen molar-refractivity contribution in [2.45, 2.75) is 12.5 Å². The third-order valence-corrected chi connectivity index (χ3v) is 2.93. The summed E-state index contributed by atoms with van der Waals surface area (Å²) in [4.78, 5) is 15.5. The van der Waals surface area contributed by atoms with Gasteiger partial charge in [-0.05, 0) is 24.1 Å². The summed E-state index contributed by atoms with van der Waals surface area (Å²) in [5, 5.41) is 2.72. The highest BCUT2D eigenvalue weighted by molar-refractivity contribution is 5.92. The van der Waals surface area contributed by atoms with Gasteiger partial charge in [0.15, 0.2) is 0 Å². The van der Waals surface area contributed by atoms with Crippen LogP contribution in [0.2, 0.25) is 0 Å². The first kappa shape index (κ1) is 14.1. The van der Waals surface area contributed by atoms with E-state index in [9.17, 15) is 9.18 Å². The van der Waals surface area contributed by atoms with Crippen molar-refractivity contribution in [3.63, 3.8) is 0 Å². The minimum atomic E-state index is -0.465. The molecule has 0 aliphatic heterocycles. The van der Waals surface area contributed by atoms with Crippen LogP contribution in [-0.4, -0.2) is 17.4 Å². The van der Waals surface area contributed by atoms with Crippen LogP contribution in [0.25, 0.3) is 0 Å². The summed E-state index contributed by atoms with van der Waals surface area (Å²) in [6.07, 6.45) is 1.64. The lowest BCUT2D eigenvalue weighted by Crippen LogP contribution is -2.27. The van der Waals surface area contributed by atoms with Crippen molar-refractivity contribution >= 4 is 5.91 Å². The Morgan fingerprint density at radius 1 is 1.25 bits per heavy atom. The second-order valence-electron chi connectivity index (χ2n) is 4.42. The highest BCUT2D eigenvalue weighted by Crippen LogP contribution is 2.12. The Kier molecular flexibility index (Phi) is 4.79. The summed E-state index contributed by atoms with van der Waals surface area (Å²) in [5.41, 5.74) is 7.25. The average Bonchev–Trinajstić information content (AvgIpc) is 2.48. The van der Waals surface area contributed by atoms with Gasteiger partial charge < -0.3 is 11.1 Å². The molecule has 1 unspecified atom stereocenters. The summed E-state index contributed by atoms with van der Waals surface area (Å²) < 4.78 is 12.7. The molecule has 0 radical (unpaired) electrons. The number of benzene rings is 1. The van der Waals surface area contributed by atoms with E-state index in [0.29, 0.717) is 13.0 Å². The molecule has 5 heteroatoms. The van der Waals surface area contributed by atoms with Crippen LogP contribution in [0.1, 0.15) is 28.5 Å². The van der Waals surface area contributed by atoms with Crippen LogP contribution in [0.3, 0.4) is 0 Å². The maximum Gasteiger partial charge on any atom is 0.269 e. The fourth-order valence-electron chi connectivity index (χ4n) is 1.81. The monoisotopic (exact) mass is 273 g/mol. The molecule has 2 aromatic rings. The lowest BCUT2D eigenvalue weighted by molar-refractivity contribution is 0.0947. The molecule has 20 heavy (non-hydrogen) atoms. The van der Waals surface area contributed by atoms with Crippen LogP contribution in [-0.2, 0) is 0 Å². The number of aromatic nitrogens is 1. The number of carbonyl (C=O) groups is 1. The van der Waals surface area contributed by atoms with Gasteiger partial charge in [0.2, 0.25) is 0 Å². The van der Waals surface area contributed by atoms with E-state index in [2.05, 4.69) is 10.3 Å². The van der Waals surface area contributed by atoms with Crippen molar-refractivity contribution in [3.05, 3.63) is 65.7 Å². The molecular formula is C15H16FN3O. The van der Waals surface area contributed by atoms with Gasteiger partial charge in [0.25, 0.3) is 5.91 Å². The molecule has 2 rings (SSSR count). The highest BCUT2D eigenvalue weighted by Gasteiger charge is 2.09. The summed E-state index contributed by atoms with van der Waals surface area (Å²) in [6.45, 7) is 0.438. The zero-order valence-corrected chi connectivity index (χ0v) is 10.9. The molecule has 4 nitrogen and oxygen atoms in total. The van der Waals surface area contributed by atoms with E-state index in [1.165, 1.54) is 12.1 Å². The lowest BCUT2D eigenvalue weighted by atomic mass is 10.1. The molecule has 3 N–H and O–H groups in total. The Labute approximate surface area is 116 Å². The largest absolute Gasteiger partial charge is 0.351 e. The molecule has 1 aromatic carbocycles. The zero-order chi connectivity index (χ0) is 14.4. The van der Waals surface area contributed by atoms with Gasteiger partial charge in [0.1, 0.15) is 11.5 Å². The summed E-state index contributed by atoms with van der Waals surface area (Å²) >= 11 is 0. The molecule has 1 atom stereocenters. The maximum atomic E-state index is 12.7. The van der Waals surface area contributed by atoms with Gasteiger partial charge in [0, 0.05) is 12.6 Å². The van der Waals surface area contributed by atoms with E-state index in [1.807, 2.05) is 30.3 Å². The number of halogens is 1. The topological polar surface area (TPSA) is 68.0 Å². The Bertz CT molecular complexity index is 557. The normalized spacial score (nSPS) is 11.9. The first-order chi connectivity index (χ1) is 9.66. The van der Waals surface area contributed by atoms with E-state index in [-0.39, 0.29) is 17.6 Å². The molecule has 0 spiro atoms. The molecule has 1 aromatic heterocycles. The van der Waals surface area contributed by atoms with Crippen LogP contribution in [0.15, 0.2) is 48.7 Å². The van der Waals surface area contributed by atoms with Gasteiger partial charge in [-0.3, -0.25) is 4.79 Å². The molecule has 0 aliphatic carbocycles. The number of amides is 1. The number of hydrogen-bond acceptors (Lipinski definition) is 3. The minimum absolute atomic E-state index is 0.127. The fraction of sp³-hybridized carbons (Fsp3) is 0.200. The Morgan fingerprint density at radius 2 is 2.00 bits per heavy atom. The molecule has 1 amide bonds. The predicted octanol–water partition coefficient (Wildman–Crippen LogP) is 2.04. The third kappa shape index (κ3) is 3.86. The third-order valence-electron chi connectivity index (χ3n) is 2.93. The SMILES string of the molecule is NC(CCNC(=O)c1ccc(F)cn1)c1ccccc1. The van der Waals surface area contributed by atoms with Crippen LogP contribution in [0, 0.1) is 5.82 Å². The van der Waals surface area contributed by atoms with Gasteiger partial charge >= 0.3 is 0 Å². The standard InChI is InChI=1S/C15H16FN3O/c16-12-6-7-14(19-10-12)15(20)18-9-8-13(17)11-4-2-1-3-5-11/h1-7,10,13H,8-9,17H2,(H,18,20). The van der Waals surface area contributed by atoms with E-state index in [0.717, 1.165) is 11.8 Å². The first-order valence-electron chi connectivity index (χ1n) is 6.37. The number of hydrogen-bond donors (Lipinski definition) is 2. The fourth-order valence-corrected chi connectivity index (χ4v) is 1.81. The molecule has 0 saturated carbocycles. The molecule has 1 heterocycles. The van der Waals surface area contributed by atoms with Gasteiger partial charge in [0.05, 0.1) is 6.20 Å². The van der Waals surface area contributed by atoms with Crippen LogP contribution in [0.4, 0.5) is 4.39 Å². The van der Waals surface area contributed by atoms with E-state index >= 15 is 0 Å². The Hall–Kier alpha value is -2.27. The van der Waals surface area contributed by atoms with Gasteiger partial charge in [-0.1, -0.05) is 30.3 Å². The highest BCUT2D eigenvalue weighted by atomic mass is 19.1. The number of carbonyl (C=O) groups excluding carboxylic acids is 1. The molecule has 0 aliphatic rings. The molecule has 0 saturated heterocycles. The number of rotatable bonds is 5. The number of nitrogens with zero attached hydrogens (tertiary/aromatic N) is 1. The van der Waals surface area contributed by atoms with Gasteiger partial charge in [-0.15, -0.1) is 0 Å². The summed E-state index contributed by atoms with van der Waals surface area (Å²) in [7, 11) is 0. The van der Waals surface area contributed by atoms with E-state index in [1.54, 1.807) is 0 Å². The molecular weight excluding hydrogens is 257 g/mol. The van der Waals surface area contributed by atoms with Crippen LogP contribution >= 0.6 is 0 Å². The number of pyridine rings is 1. The second kappa shape index (κ2) is 6.77. The van der Waals surface area contributed by atoms with Crippen molar-refractivity contribution in [2.24, 2.45) is 5.73 Å². The number of nitrogens with one attached hydrogen (secondary N) is 1. The zero-order valence-electron chi connectivity index (χ0n) is 10.9. The molecule has 0 fully saturated rings. The van der Waals surface area contributed by atoms with Crippen molar-refractivity contribution in [3.8, 4) is 0 Å². The van der Waals surface area contributed by atoms with Gasteiger partial charge in [-0.2, -0.15) is 0 Å². The first-order valence-corrected chi connectivity index (χ1v) is 6.37. The van der Waals surface area contributed by atoms with Crippen molar-refractivity contribution in [1.82, 2.24) is 10.3 Å². The predicted molar refractivity (Wildman–Crippen MR) is 74.5 cm³/mol. The van der Waals surface area contributed by atoms with Gasteiger partial charge in [-0.25, -0.2) is 9.37 Å². The Morgan fingerprint density at radius 3 is 2.65 bits per heavy atom. The number of nitrogens with two attached hydrogens (primary N) is 1. The molecule has 104 valence electrons. The average molecular weight is 273 g/mol. The molecule has 0 bridgehead atoms. The van der Waals surface area contributed by atoms with E-state index < -0.39 is 5.82 Å². The van der Waals surface area contributed by atoms with Crippen LogP contribution in [0.5, 0.6) is 0 Å². The second-order valence-corrected chi connectivity index (χ2v) is 4.42. The quantitative estimate of drug-likeness (QED) is 0.876. The van der Waals surface area contributed by atoms with Crippen LogP contribution < -0.4 is 11.1 Å². The van der Waals surface area contributed by atoms with E-state index in [4.69, 9.17) is 5.73 Å². The maximum absolute atomic E-state index is 12.7. The summed E-state index contributed by atoms with van der Waals surface area (Å²) in [5.74, 6) is -0.794. The Balaban J connectivity index is 1.81. The van der Waals surface area contributed by atoms with Crippen molar-refractivity contribution in [2.75, 3.05) is 6.54 Å².